The fourth-order valence-electron chi connectivity index (χ4n) is 1.40. The second-order valence-corrected chi connectivity index (χ2v) is 4.10. The number of ether oxygens (including phenoxy) is 1. The molecule has 0 saturated carbocycles. The van der Waals surface area contributed by atoms with Crippen molar-refractivity contribution in [1.82, 2.24) is 0 Å². The SMILES string of the molecule is CC(C)C(Oc1ccc(CC#N)cc1)C(=O)O. The van der Waals surface area contributed by atoms with Crippen LogP contribution in [0.5, 0.6) is 5.75 Å². The van der Waals surface area contributed by atoms with E-state index in [-0.39, 0.29) is 5.92 Å². The van der Waals surface area contributed by atoms with Gasteiger partial charge < -0.3 is 9.84 Å². The van der Waals surface area contributed by atoms with E-state index in [0.717, 1.165) is 5.56 Å². The van der Waals surface area contributed by atoms with Crippen LogP contribution in [0.25, 0.3) is 0 Å². The van der Waals surface area contributed by atoms with Crippen LogP contribution < -0.4 is 4.74 Å². The molecule has 1 atom stereocenters. The number of hydrogen-bond acceptors (Lipinski definition) is 3. The van der Waals surface area contributed by atoms with E-state index in [1.54, 1.807) is 38.1 Å². The van der Waals surface area contributed by atoms with Gasteiger partial charge in [-0.15, -0.1) is 0 Å². The molecule has 1 aromatic rings. The van der Waals surface area contributed by atoms with E-state index in [1.807, 2.05) is 6.07 Å². The van der Waals surface area contributed by atoms with Gasteiger partial charge in [-0.1, -0.05) is 26.0 Å². The lowest BCUT2D eigenvalue weighted by molar-refractivity contribution is -0.147. The van der Waals surface area contributed by atoms with Crippen LogP contribution in [0.2, 0.25) is 0 Å². The van der Waals surface area contributed by atoms with Crippen molar-refractivity contribution in [3.05, 3.63) is 29.8 Å². The zero-order valence-corrected chi connectivity index (χ0v) is 9.88. The molecule has 17 heavy (non-hydrogen) atoms. The Morgan fingerprint density at radius 1 is 1.41 bits per heavy atom. The van der Waals surface area contributed by atoms with Gasteiger partial charge in [0.1, 0.15) is 5.75 Å². The van der Waals surface area contributed by atoms with Gasteiger partial charge in [-0.3, -0.25) is 0 Å². The molecular weight excluding hydrogens is 218 g/mol. The van der Waals surface area contributed by atoms with E-state index in [0.29, 0.717) is 12.2 Å². The van der Waals surface area contributed by atoms with Gasteiger partial charge in [0, 0.05) is 5.92 Å². The van der Waals surface area contributed by atoms with Gasteiger partial charge in [-0.25, -0.2) is 4.79 Å². The summed E-state index contributed by atoms with van der Waals surface area (Å²) < 4.78 is 5.39. The maximum absolute atomic E-state index is 10.9. The first-order chi connectivity index (χ1) is 8.04. The maximum Gasteiger partial charge on any atom is 0.345 e. The number of carbonyl (C=O) groups is 1. The van der Waals surface area contributed by atoms with E-state index in [1.165, 1.54) is 0 Å². The van der Waals surface area contributed by atoms with Crippen LogP contribution in [0, 0.1) is 17.2 Å². The van der Waals surface area contributed by atoms with Crippen molar-refractivity contribution in [2.45, 2.75) is 26.4 Å². The summed E-state index contributed by atoms with van der Waals surface area (Å²) in [5, 5.41) is 17.5. The Morgan fingerprint density at radius 2 is 2.00 bits per heavy atom. The first-order valence-electron chi connectivity index (χ1n) is 5.40. The van der Waals surface area contributed by atoms with E-state index in [9.17, 15) is 4.79 Å². The van der Waals surface area contributed by atoms with Crippen LogP contribution in [0.3, 0.4) is 0 Å². The second-order valence-electron chi connectivity index (χ2n) is 4.10. The van der Waals surface area contributed by atoms with E-state index >= 15 is 0 Å². The number of hydrogen-bond donors (Lipinski definition) is 1. The van der Waals surface area contributed by atoms with Crippen molar-refractivity contribution < 1.29 is 14.6 Å². The number of benzene rings is 1. The number of nitriles is 1. The number of nitrogens with zero attached hydrogens (tertiary/aromatic N) is 1. The molecule has 0 bridgehead atoms. The van der Waals surface area contributed by atoms with E-state index in [2.05, 4.69) is 0 Å². The highest BCUT2D eigenvalue weighted by Gasteiger charge is 2.23. The Labute approximate surface area is 100 Å². The molecule has 1 aromatic carbocycles. The number of carboxylic acids is 1. The van der Waals surface area contributed by atoms with E-state index in [4.69, 9.17) is 15.1 Å². The monoisotopic (exact) mass is 233 g/mol. The van der Waals surface area contributed by atoms with Gasteiger partial charge in [-0.2, -0.15) is 5.26 Å². The molecule has 0 spiro atoms. The molecular formula is C13H15NO3. The average molecular weight is 233 g/mol. The lowest BCUT2D eigenvalue weighted by Crippen LogP contribution is -2.32. The van der Waals surface area contributed by atoms with Crippen LogP contribution in [-0.4, -0.2) is 17.2 Å². The molecule has 0 aliphatic heterocycles. The molecule has 1 N–H and O–H groups in total. The third kappa shape index (κ3) is 3.80. The summed E-state index contributed by atoms with van der Waals surface area (Å²) in [6.07, 6.45) is -0.510. The summed E-state index contributed by atoms with van der Waals surface area (Å²) in [7, 11) is 0. The van der Waals surface area contributed by atoms with Gasteiger partial charge in [0.15, 0.2) is 6.10 Å². The third-order valence-electron chi connectivity index (χ3n) is 2.32. The minimum absolute atomic E-state index is 0.105. The van der Waals surface area contributed by atoms with Crippen LogP contribution in [0.15, 0.2) is 24.3 Å². The Kier molecular flexibility index (Phi) is 4.53. The molecule has 90 valence electrons. The maximum atomic E-state index is 10.9. The molecule has 1 rings (SSSR count). The summed E-state index contributed by atoms with van der Waals surface area (Å²) in [6, 6.07) is 8.94. The smallest absolute Gasteiger partial charge is 0.345 e. The highest BCUT2D eigenvalue weighted by molar-refractivity contribution is 5.73. The minimum atomic E-state index is -0.971. The molecule has 0 heterocycles. The molecule has 4 heteroatoms. The van der Waals surface area contributed by atoms with Crippen molar-refractivity contribution in [2.75, 3.05) is 0 Å². The Balaban J connectivity index is 2.74. The Morgan fingerprint density at radius 3 is 2.41 bits per heavy atom. The standard InChI is InChI=1S/C13H15NO3/c1-9(2)12(13(15)16)17-11-5-3-10(4-6-11)7-8-14/h3-6,9,12H,7H2,1-2H3,(H,15,16). The molecule has 0 radical (unpaired) electrons. The molecule has 0 aliphatic carbocycles. The quantitative estimate of drug-likeness (QED) is 0.846. The molecule has 1 unspecified atom stereocenters. The van der Waals surface area contributed by atoms with Crippen molar-refractivity contribution in [3.8, 4) is 11.8 Å². The lowest BCUT2D eigenvalue weighted by atomic mass is 10.1. The summed E-state index contributed by atoms with van der Waals surface area (Å²) in [5.74, 6) is -0.569. The first kappa shape index (κ1) is 13.0. The number of rotatable bonds is 5. The van der Waals surface area contributed by atoms with Crippen molar-refractivity contribution >= 4 is 5.97 Å². The molecule has 0 amide bonds. The number of aliphatic carboxylic acids is 1. The fraction of sp³-hybridized carbons (Fsp3) is 0.385. The van der Waals surface area contributed by atoms with Crippen molar-refractivity contribution in [3.63, 3.8) is 0 Å². The fourth-order valence-corrected chi connectivity index (χ4v) is 1.40. The summed E-state index contributed by atoms with van der Waals surface area (Å²) in [6.45, 7) is 3.59. The van der Waals surface area contributed by atoms with Crippen molar-refractivity contribution in [1.29, 1.82) is 5.26 Å². The number of carboxylic acid groups (broad SMARTS) is 1. The van der Waals surface area contributed by atoms with Gasteiger partial charge in [0.2, 0.25) is 0 Å². The third-order valence-corrected chi connectivity index (χ3v) is 2.32. The molecule has 0 aromatic heterocycles. The largest absolute Gasteiger partial charge is 0.478 e. The van der Waals surface area contributed by atoms with Crippen molar-refractivity contribution in [2.24, 2.45) is 5.92 Å². The zero-order chi connectivity index (χ0) is 12.8. The predicted molar refractivity (Wildman–Crippen MR) is 62.6 cm³/mol. The van der Waals surface area contributed by atoms with E-state index < -0.39 is 12.1 Å². The average Bonchev–Trinajstić information content (AvgIpc) is 2.27. The minimum Gasteiger partial charge on any atom is -0.478 e. The molecule has 0 saturated heterocycles. The Hall–Kier alpha value is -2.02. The van der Waals surface area contributed by atoms with Crippen LogP contribution >= 0.6 is 0 Å². The predicted octanol–water partition coefficient (Wildman–Crippen LogP) is 2.24. The van der Waals surface area contributed by atoms with Gasteiger partial charge in [-0.05, 0) is 17.7 Å². The van der Waals surface area contributed by atoms with Gasteiger partial charge >= 0.3 is 5.97 Å². The Bertz CT molecular complexity index is 417. The first-order valence-corrected chi connectivity index (χ1v) is 5.40. The van der Waals surface area contributed by atoms with Crippen LogP contribution in [-0.2, 0) is 11.2 Å². The zero-order valence-electron chi connectivity index (χ0n) is 9.88. The highest BCUT2D eigenvalue weighted by atomic mass is 16.5. The van der Waals surface area contributed by atoms with Gasteiger partial charge in [0.05, 0.1) is 12.5 Å². The summed E-state index contributed by atoms with van der Waals surface area (Å²) >= 11 is 0. The summed E-state index contributed by atoms with van der Waals surface area (Å²) in [5.41, 5.74) is 0.885. The molecule has 0 aliphatic rings. The topological polar surface area (TPSA) is 70.3 Å². The second kappa shape index (κ2) is 5.90. The van der Waals surface area contributed by atoms with Crippen LogP contribution in [0.4, 0.5) is 0 Å². The van der Waals surface area contributed by atoms with Gasteiger partial charge in [0.25, 0.3) is 0 Å². The highest BCUT2D eigenvalue weighted by Crippen LogP contribution is 2.17. The molecule has 4 nitrogen and oxygen atoms in total. The van der Waals surface area contributed by atoms with Crippen LogP contribution in [0.1, 0.15) is 19.4 Å². The lowest BCUT2D eigenvalue weighted by Gasteiger charge is -2.18. The normalized spacial score (nSPS) is 11.9. The summed E-state index contributed by atoms with van der Waals surface area (Å²) in [4.78, 5) is 10.9. The molecule has 0 fully saturated rings.